The minimum absolute atomic E-state index is 0.534. The molecule has 0 bridgehead atoms. The van der Waals surface area contributed by atoms with Crippen LogP contribution in [0.2, 0.25) is 0 Å². The fourth-order valence-corrected chi connectivity index (χ4v) is 4.36. The first kappa shape index (κ1) is 21.6. The summed E-state index contributed by atoms with van der Waals surface area (Å²) < 4.78 is 18.3. The molecule has 4 rings (SSSR count). The summed E-state index contributed by atoms with van der Waals surface area (Å²) in [6.07, 6.45) is 5.56. The van der Waals surface area contributed by atoms with Crippen LogP contribution >= 0.6 is 11.3 Å². The van der Waals surface area contributed by atoms with Gasteiger partial charge in [0.05, 0.1) is 38.4 Å². The van der Waals surface area contributed by atoms with Crippen LogP contribution in [0.1, 0.15) is 16.8 Å². The maximum Gasteiger partial charge on any atom is 0.203 e. The predicted octanol–water partition coefficient (Wildman–Crippen LogP) is 4.40. The Balaban J connectivity index is 1.49. The first-order valence-electron chi connectivity index (χ1n) is 10.0. The highest BCUT2D eigenvalue weighted by Crippen LogP contribution is 2.40. The molecule has 0 fully saturated rings. The van der Waals surface area contributed by atoms with Crippen LogP contribution in [0.4, 0.5) is 5.13 Å². The van der Waals surface area contributed by atoms with Crippen molar-refractivity contribution < 1.29 is 14.2 Å². The number of methoxy groups -OCH3 is 3. The molecule has 0 aliphatic rings. The number of anilines is 1. The first-order chi connectivity index (χ1) is 15.6. The Hall–Kier alpha value is -3.59. The van der Waals surface area contributed by atoms with Crippen molar-refractivity contribution >= 4 is 16.5 Å². The lowest BCUT2D eigenvalue weighted by molar-refractivity contribution is 0.322. The van der Waals surface area contributed by atoms with E-state index in [1.165, 1.54) is 0 Å². The van der Waals surface area contributed by atoms with E-state index in [0.717, 1.165) is 32.5 Å². The van der Waals surface area contributed by atoms with Gasteiger partial charge in [-0.1, -0.05) is 11.3 Å². The highest BCUT2D eigenvalue weighted by Gasteiger charge is 2.17. The molecule has 8 nitrogen and oxygen atoms in total. The third-order valence-corrected chi connectivity index (χ3v) is 6.12. The number of ether oxygens (including phenoxy) is 3. The zero-order valence-corrected chi connectivity index (χ0v) is 19.3. The highest BCUT2D eigenvalue weighted by atomic mass is 32.1. The highest BCUT2D eigenvalue weighted by molar-refractivity contribution is 7.19. The van der Waals surface area contributed by atoms with Gasteiger partial charge in [-0.2, -0.15) is 5.10 Å². The molecule has 0 atom stereocenters. The van der Waals surface area contributed by atoms with Crippen molar-refractivity contribution in [2.24, 2.45) is 0 Å². The van der Waals surface area contributed by atoms with Crippen LogP contribution in [-0.2, 0) is 13.1 Å². The number of hydrogen-bond acceptors (Lipinski definition) is 8. The number of hydrogen-bond donors (Lipinski definition) is 1. The Morgan fingerprint density at radius 2 is 1.75 bits per heavy atom. The second kappa shape index (κ2) is 9.69. The van der Waals surface area contributed by atoms with Crippen LogP contribution < -0.4 is 19.5 Å². The molecular formula is C23H25N5O3S. The quantitative estimate of drug-likeness (QED) is 0.404. The van der Waals surface area contributed by atoms with Gasteiger partial charge < -0.3 is 19.5 Å². The lowest BCUT2D eigenvalue weighted by atomic mass is 10.1. The standard InChI is InChI=1S/C23H25N5O3S/c1-15-22(18-9-12-28(27-18)14-16-7-10-24-11-8-16)32-23(26-15)25-13-17-5-6-19(29-2)21(31-4)20(17)30-3/h5-12H,13-14H2,1-4H3,(H,25,26). The van der Waals surface area contributed by atoms with Gasteiger partial charge in [0, 0.05) is 30.7 Å². The minimum atomic E-state index is 0.534. The van der Waals surface area contributed by atoms with Gasteiger partial charge in [-0.15, -0.1) is 0 Å². The summed E-state index contributed by atoms with van der Waals surface area (Å²) in [5.74, 6) is 1.84. The third-order valence-electron chi connectivity index (χ3n) is 4.98. The normalized spacial score (nSPS) is 10.8. The molecule has 0 aliphatic heterocycles. The lowest BCUT2D eigenvalue weighted by Crippen LogP contribution is -2.04. The molecule has 0 radical (unpaired) electrons. The molecule has 0 spiro atoms. The Morgan fingerprint density at radius 3 is 2.47 bits per heavy atom. The molecule has 1 aromatic carbocycles. The Morgan fingerprint density at radius 1 is 0.969 bits per heavy atom. The van der Waals surface area contributed by atoms with Crippen LogP contribution in [0, 0.1) is 6.92 Å². The van der Waals surface area contributed by atoms with E-state index in [9.17, 15) is 0 Å². The van der Waals surface area contributed by atoms with Crippen LogP contribution in [0.25, 0.3) is 10.6 Å². The number of rotatable bonds is 9. The maximum atomic E-state index is 5.57. The van der Waals surface area contributed by atoms with Crippen molar-refractivity contribution in [1.29, 1.82) is 0 Å². The number of nitrogens with zero attached hydrogens (tertiary/aromatic N) is 4. The summed E-state index contributed by atoms with van der Waals surface area (Å²) in [5, 5.41) is 8.94. The van der Waals surface area contributed by atoms with Gasteiger partial charge in [-0.25, -0.2) is 4.98 Å². The average molecular weight is 452 g/mol. The van der Waals surface area contributed by atoms with E-state index in [0.29, 0.717) is 30.3 Å². The van der Waals surface area contributed by atoms with Crippen LogP contribution in [-0.4, -0.2) is 41.1 Å². The van der Waals surface area contributed by atoms with Gasteiger partial charge >= 0.3 is 0 Å². The fraction of sp³-hybridized carbons (Fsp3) is 0.261. The first-order valence-corrected chi connectivity index (χ1v) is 10.9. The summed E-state index contributed by atoms with van der Waals surface area (Å²) in [6, 6.07) is 9.82. The van der Waals surface area contributed by atoms with E-state index < -0.39 is 0 Å². The van der Waals surface area contributed by atoms with Crippen molar-refractivity contribution in [2.75, 3.05) is 26.6 Å². The fourth-order valence-electron chi connectivity index (χ4n) is 3.43. The topological polar surface area (TPSA) is 83.3 Å². The van der Waals surface area contributed by atoms with Crippen LogP contribution in [0.3, 0.4) is 0 Å². The molecule has 0 saturated heterocycles. The summed E-state index contributed by atoms with van der Waals surface area (Å²) in [7, 11) is 4.82. The molecule has 0 aliphatic carbocycles. The van der Waals surface area contributed by atoms with Gasteiger partial charge in [-0.3, -0.25) is 9.67 Å². The molecule has 9 heteroatoms. The van der Waals surface area contributed by atoms with E-state index in [-0.39, 0.29) is 0 Å². The molecule has 32 heavy (non-hydrogen) atoms. The number of pyridine rings is 1. The van der Waals surface area contributed by atoms with Gasteiger partial charge in [0.1, 0.15) is 5.69 Å². The molecule has 4 aromatic rings. The maximum absolute atomic E-state index is 5.57. The summed E-state index contributed by atoms with van der Waals surface area (Å²) in [5.41, 5.74) is 3.94. The largest absolute Gasteiger partial charge is 0.493 e. The summed E-state index contributed by atoms with van der Waals surface area (Å²) >= 11 is 1.58. The lowest BCUT2D eigenvalue weighted by Gasteiger charge is -2.15. The third kappa shape index (κ3) is 4.52. The molecule has 1 N–H and O–H groups in total. The van der Waals surface area contributed by atoms with E-state index in [2.05, 4.69) is 15.3 Å². The molecule has 3 aromatic heterocycles. The summed E-state index contributed by atoms with van der Waals surface area (Å²) in [4.78, 5) is 9.78. The smallest absolute Gasteiger partial charge is 0.203 e. The zero-order chi connectivity index (χ0) is 22.5. The number of thiazole rings is 1. The minimum Gasteiger partial charge on any atom is -0.493 e. The number of aryl methyl sites for hydroxylation is 1. The predicted molar refractivity (Wildman–Crippen MR) is 125 cm³/mol. The summed E-state index contributed by atoms with van der Waals surface area (Å²) in [6.45, 7) is 3.23. The van der Waals surface area contributed by atoms with E-state index in [1.807, 2.05) is 48.1 Å². The van der Waals surface area contributed by atoms with Gasteiger partial charge in [-0.05, 0) is 42.8 Å². The van der Waals surface area contributed by atoms with E-state index in [1.54, 1.807) is 45.1 Å². The van der Waals surface area contributed by atoms with Crippen molar-refractivity contribution in [3.05, 3.63) is 65.7 Å². The van der Waals surface area contributed by atoms with Crippen molar-refractivity contribution in [3.63, 3.8) is 0 Å². The SMILES string of the molecule is COc1ccc(CNc2nc(C)c(-c3ccn(Cc4ccncc4)n3)s2)c(OC)c1OC. The second-order valence-electron chi connectivity index (χ2n) is 7.03. The van der Waals surface area contributed by atoms with E-state index in [4.69, 9.17) is 19.3 Å². The number of benzene rings is 1. The van der Waals surface area contributed by atoms with E-state index >= 15 is 0 Å². The van der Waals surface area contributed by atoms with Gasteiger partial charge in [0.25, 0.3) is 0 Å². The molecule has 3 heterocycles. The molecule has 0 unspecified atom stereocenters. The van der Waals surface area contributed by atoms with Gasteiger partial charge in [0.15, 0.2) is 16.6 Å². The van der Waals surface area contributed by atoms with Crippen LogP contribution in [0.5, 0.6) is 17.2 Å². The average Bonchev–Trinajstić information content (AvgIpc) is 3.43. The Labute approximate surface area is 190 Å². The zero-order valence-electron chi connectivity index (χ0n) is 18.5. The molecule has 0 amide bonds. The van der Waals surface area contributed by atoms with Crippen LogP contribution in [0.15, 0.2) is 48.9 Å². The molecular weight excluding hydrogens is 426 g/mol. The number of nitrogens with one attached hydrogen (secondary N) is 1. The second-order valence-corrected chi connectivity index (χ2v) is 8.03. The van der Waals surface area contributed by atoms with Crippen molar-refractivity contribution in [2.45, 2.75) is 20.0 Å². The van der Waals surface area contributed by atoms with Crippen molar-refractivity contribution in [1.82, 2.24) is 19.7 Å². The number of aromatic nitrogens is 4. The van der Waals surface area contributed by atoms with Gasteiger partial charge in [0.2, 0.25) is 5.75 Å². The van der Waals surface area contributed by atoms with Crippen molar-refractivity contribution in [3.8, 4) is 27.8 Å². The Kier molecular flexibility index (Phi) is 6.55. The molecule has 166 valence electrons. The molecule has 0 saturated carbocycles. The Bertz CT molecular complexity index is 1190. The monoisotopic (exact) mass is 451 g/mol.